The Morgan fingerprint density at radius 2 is 1.42 bits per heavy atom. The molecule has 21 heteroatoms. The van der Waals surface area contributed by atoms with Crippen LogP contribution < -0.4 is 5.56 Å². The summed E-state index contributed by atoms with van der Waals surface area (Å²) >= 11 is 0. The van der Waals surface area contributed by atoms with Gasteiger partial charge in [0.2, 0.25) is 0 Å². The Labute approximate surface area is 239 Å². The number of phosphoric ester groups is 2. The largest absolute Gasteiger partial charge is 0.472 e. The van der Waals surface area contributed by atoms with Crippen LogP contribution >= 0.6 is 15.6 Å². The van der Waals surface area contributed by atoms with Gasteiger partial charge in [0.15, 0.2) is 23.6 Å². The topological polar surface area (TPSA) is 252 Å². The van der Waals surface area contributed by atoms with Crippen LogP contribution in [0.1, 0.15) is 12.5 Å². The van der Waals surface area contributed by atoms with Crippen molar-refractivity contribution in [2.75, 3.05) is 13.2 Å². The molecule has 6 heterocycles. The van der Waals surface area contributed by atoms with Gasteiger partial charge >= 0.3 is 15.6 Å². The van der Waals surface area contributed by atoms with Gasteiger partial charge in [-0.25, -0.2) is 24.1 Å². The van der Waals surface area contributed by atoms with Gasteiger partial charge in [0, 0.05) is 0 Å². The van der Waals surface area contributed by atoms with E-state index >= 15 is 0 Å². The van der Waals surface area contributed by atoms with Gasteiger partial charge < -0.3 is 39.0 Å². The molecule has 1 aromatic carbocycles. The van der Waals surface area contributed by atoms with E-state index in [0.717, 1.165) is 12.7 Å². The molecular formula is C22H24N6O13P2. The summed E-state index contributed by atoms with van der Waals surface area (Å²) in [5, 5.41) is 22.2. The van der Waals surface area contributed by atoms with E-state index in [0.29, 0.717) is 11.0 Å². The van der Waals surface area contributed by atoms with Crippen molar-refractivity contribution in [1.82, 2.24) is 29.1 Å². The number of para-hydroxylation sites is 2. The van der Waals surface area contributed by atoms with Crippen LogP contribution in [-0.4, -0.2) is 98.9 Å². The molecule has 3 aromatic heterocycles. The molecule has 4 unspecified atom stereocenters. The van der Waals surface area contributed by atoms with E-state index in [2.05, 4.69) is 19.9 Å². The number of H-pyrrole nitrogens is 1. The molecule has 0 spiro atoms. The number of nitrogens with zero attached hydrogens (tertiary/aromatic N) is 5. The zero-order valence-corrected chi connectivity index (χ0v) is 23.5. The first-order chi connectivity index (χ1) is 20.5. The minimum Gasteiger partial charge on any atom is -0.386 e. The summed E-state index contributed by atoms with van der Waals surface area (Å²) in [7, 11) is -9.95. The van der Waals surface area contributed by atoms with E-state index in [4.69, 9.17) is 27.6 Å². The van der Waals surface area contributed by atoms with Crippen molar-refractivity contribution in [3.05, 3.63) is 53.6 Å². The number of rotatable bonds is 2. The molecule has 3 aliphatic rings. The second-order valence-corrected chi connectivity index (χ2v) is 12.8. The molecule has 0 amide bonds. The van der Waals surface area contributed by atoms with Crippen molar-refractivity contribution in [2.45, 2.75) is 49.1 Å². The van der Waals surface area contributed by atoms with E-state index in [-0.39, 0.29) is 11.2 Å². The molecule has 0 saturated carbocycles. The van der Waals surface area contributed by atoms with Gasteiger partial charge in [-0.1, -0.05) is 12.1 Å². The van der Waals surface area contributed by atoms with Crippen molar-refractivity contribution in [3.63, 3.8) is 0 Å². The fourth-order valence-corrected chi connectivity index (χ4v) is 7.29. The summed E-state index contributed by atoms with van der Waals surface area (Å²) in [5.74, 6) is 0. The number of hydrogen-bond acceptors (Lipinski definition) is 14. The van der Waals surface area contributed by atoms with Gasteiger partial charge in [0.1, 0.15) is 36.6 Å². The van der Waals surface area contributed by atoms with E-state index < -0.39 is 83.5 Å². The molecular weight excluding hydrogens is 618 g/mol. The number of aliphatic hydroxyl groups excluding tert-OH is 2. The number of aromatic amines is 1. The number of ether oxygens (including phenoxy) is 2. The zero-order valence-electron chi connectivity index (χ0n) is 21.7. The number of aromatic nitrogens is 6. The molecule has 0 radical (unpaired) electrons. The molecule has 7 rings (SSSR count). The normalized spacial score (nSPS) is 38.9. The van der Waals surface area contributed by atoms with Crippen molar-refractivity contribution in [2.24, 2.45) is 0 Å². The number of phosphoric acid groups is 2. The number of benzene rings is 1. The minimum atomic E-state index is -4.98. The first-order valence-corrected chi connectivity index (χ1v) is 15.8. The van der Waals surface area contributed by atoms with Crippen LogP contribution in [0, 0.1) is 0 Å². The summed E-state index contributed by atoms with van der Waals surface area (Å²) in [6, 6.07) is 6.95. The van der Waals surface area contributed by atoms with E-state index in [1.165, 1.54) is 15.5 Å². The molecule has 0 aliphatic carbocycles. The Bertz CT molecular complexity index is 1830. The number of fused-ring (bicyclic) bond motifs is 4. The average Bonchev–Trinajstić information content (AvgIpc) is 3.72. The minimum absolute atomic E-state index is 0.0183. The summed E-state index contributed by atoms with van der Waals surface area (Å²) in [6.07, 6.45) is -8.19. The Morgan fingerprint density at radius 1 is 0.837 bits per heavy atom. The molecule has 3 fully saturated rings. The van der Waals surface area contributed by atoms with Crippen LogP contribution in [0.3, 0.4) is 0 Å². The maximum absolute atomic E-state index is 13.0. The predicted molar refractivity (Wildman–Crippen MR) is 139 cm³/mol. The van der Waals surface area contributed by atoms with Crippen LogP contribution in [0.2, 0.25) is 0 Å². The highest BCUT2D eigenvalue weighted by molar-refractivity contribution is 7.47. The van der Waals surface area contributed by atoms with Gasteiger partial charge in [-0.05, 0) is 12.1 Å². The molecule has 4 aromatic rings. The SMILES string of the molecule is O=c1[nH]cnc2c1ncn2[C@@H]1O[C@@H]2COP(=O)(O)O[C@@H]3C(O)[C@H](n4cnc5ccccc54)O[C@@H]3COP(=O)(O)OC2[C@@H]1O. The maximum Gasteiger partial charge on any atom is 0.472 e. The first kappa shape index (κ1) is 28.8. The highest BCUT2D eigenvalue weighted by Crippen LogP contribution is 2.53. The molecule has 5 N–H and O–H groups in total. The van der Waals surface area contributed by atoms with Crippen molar-refractivity contribution < 1.29 is 56.7 Å². The highest BCUT2D eigenvalue weighted by atomic mass is 31.2. The van der Waals surface area contributed by atoms with Crippen LogP contribution in [-0.2, 0) is 36.7 Å². The zero-order chi connectivity index (χ0) is 30.1. The molecule has 19 nitrogen and oxygen atoms in total. The summed E-state index contributed by atoms with van der Waals surface area (Å²) in [5.41, 5.74) is 0.541. The van der Waals surface area contributed by atoms with Crippen molar-refractivity contribution in [1.29, 1.82) is 0 Å². The van der Waals surface area contributed by atoms with E-state index in [1.807, 2.05) is 0 Å². The fourth-order valence-electron chi connectivity index (χ4n) is 5.36. The second kappa shape index (κ2) is 10.6. The highest BCUT2D eigenvalue weighted by Gasteiger charge is 2.53. The number of hydrogen-bond donors (Lipinski definition) is 5. The predicted octanol–water partition coefficient (Wildman–Crippen LogP) is -0.296. The number of imidazole rings is 2. The standard InChI is InChI=1S/C22H24N6O13P2/c29-15-17-12(38-21(15)27-8-25-10-3-1-2-4-11(10)27)5-36-43(34,35)41-18-13(6-37-42(32,33)40-17)39-22(16(18)30)28-9-26-14-19(28)23-7-24-20(14)31/h1-4,7-9,12-13,15-18,21-22,29-30H,5-6H2,(H,32,33)(H,34,35)(H,23,24,31)/t12-,13-,15?,16+,17+,18?,21-,22-/m1/s1. The lowest BCUT2D eigenvalue weighted by Crippen LogP contribution is -2.39. The van der Waals surface area contributed by atoms with Gasteiger partial charge in [0.25, 0.3) is 5.56 Å². The monoisotopic (exact) mass is 642 g/mol. The summed E-state index contributed by atoms with van der Waals surface area (Å²) < 4.78 is 61.3. The Morgan fingerprint density at radius 3 is 2.07 bits per heavy atom. The van der Waals surface area contributed by atoms with Crippen LogP contribution in [0.5, 0.6) is 0 Å². The smallest absolute Gasteiger partial charge is 0.386 e. The van der Waals surface area contributed by atoms with E-state index in [9.17, 15) is 33.9 Å². The molecule has 3 saturated heterocycles. The lowest BCUT2D eigenvalue weighted by atomic mass is 10.1. The number of nitrogens with one attached hydrogen (secondary N) is 1. The quantitative estimate of drug-likeness (QED) is 0.176. The third kappa shape index (κ3) is 5.16. The lowest BCUT2D eigenvalue weighted by molar-refractivity contribution is -0.0663. The second-order valence-electron chi connectivity index (χ2n) is 9.98. The molecule has 230 valence electrons. The summed E-state index contributed by atoms with van der Waals surface area (Å²) in [4.78, 5) is 47.8. The number of aliphatic hydroxyl groups is 2. The van der Waals surface area contributed by atoms with Crippen LogP contribution in [0.25, 0.3) is 22.2 Å². The van der Waals surface area contributed by atoms with Gasteiger partial charge in [0.05, 0.1) is 43.2 Å². The Hall–Kier alpha value is -2.90. The molecule has 43 heavy (non-hydrogen) atoms. The lowest BCUT2D eigenvalue weighted by Gasteiger charge is -2.27. The third-order valence-corrected chi connectivity index (χ3v) is 9.30. The molecule has 0 bridgehead atoms. The third-order valence-electron chi connectivity index (χ3n) is 7.33. The van der Waals surface area contributed by atoms with Crippen molar-refractivity contribution >= 4 is 37.8 Å². The summed E-state index contributed by atoms with van der Waals surface area (Å²) in [6.45, 7) is -1.52. The van der Waals surface area contributed by atoms with Gasteiger partial charge in [-0.2, -0.15) is 0 Å². The van der Waals surface area contributed by atoms with Crippen LogP contribution in [0.4, 0.5) is 0 Å². The van der Waals surface area contributed by atoms with Crippen molar-refractivity contribution in [3.8, 4) is 0 Å². The Balaban J connectivity index is 1.17. The maximum atomic E-state index is 13.0. The Kier molecular flexibility index (Phi) is 7.13. The van der Waals surface area contributed by atoms with E-state index in [1.54, 1.807) is 24.3 Å². The van der Waals surface area contributed by atoms with Gasteiger partial charge in [-0.15, -0.1) is 0 Å². The molecule has 10 atom stereocenters. The fraction of sp³-hybridized carbons (Fsp3) is 0.455. The molecule has 3 aliphatic heterocycles. The van der Waals surface area contributed by atoms with Crippen LogP contribution in [0.15, 0.2) is 48.0 Å². The van der Waals surface area contributed by atoms with Gasteiger partial charge in [-0.3, -0.25) is 27.5 Å². The average molecular weight is 642 g/mol. The first-order valence-electron chi connectivity index (χ1n) is 12.8.